The molecule has 3 N–H and O–H groups in total. The van der Waals surface area contributed by atoms with Crippen LogP contribution in [0, 0.1) is 11.8 Å². The van der Waals surface area contributed by atoms with Gasteiger partial charge in [0.15, 0.2) is 0 Å². The molecule has 2 aliphatic carbocycles. The van der Waals surface area contributed by atoms with Crippen molar-refractivity contribution >= 4 is 16.7 Å². The number of anilines is 1. The number of nitrogens with one attached hydrogen (secondary N) is 1. The molecule has 100 valence electrons. The topological polar surface area (TPSA) is 63.8 Å². The number of aromatic nitrogens is 2. The molecule has 18 heavy (non-hydrogen) atoms. The Balaban J connectivity index is 1.52. The van der Waals surface area contributed by atoms with E-state index < -0.39 is 0 Å². The minimum absolute atomic E-state index is 0.656. The first-order valence-electron chi connectivity index (χ1n) is 7.14. The third-order valence-electron chi connectivity index (χ3n) is 4.27. The maximum atomic E-state index is 5.86. The van der Waals surface area contributed by atoms with E-state index in [9.17, 15) is 0 Å². The molecule has 5 heteroatoms. The zero-order chi connectivity index (χ0) is 12.4. The monoisotopic (exact) mass is 266 g/mol. The number of nitrogens with zero attached hydrogens (tertiary/aromatic N) is 2. The quantitative estimate of drug-likeness (QED) is 0.860. The maximum absolute atomic E-state index is 5.86. The van der Waals surface area contributed by atoms with Crippen LogP contribution in [-0.2, 0) is 0 Å². The van der Waals surface area contributed by atoms with E-state index in [0.29, 0.717) is 11.8 Å². The van der Waals surface area contributed by atoms with Gasteiger partial charge >= 0.3 is 0 Å². The SMILES string of the molecule is NCC1CCCCC1CNc1nc(C2CC2)ns1. The van der Waals surface area contributed by atoms with Gasteiger partial charge in [0.1, 0.15) is 5.82 Å². The van der Waals surface area contributed by atoms with Crippen molar-refractivity contribution in [2.24, 2.45) is 17.6 Å². The molecule has 0 amide bonds. The van der Waals surface area contributed by atoms with Crippen LogP contribution in [0.2, 0.25) is 0 Å². The van der Waals surface area contributed by atoms with Gasteiger partial charge in [-0.15, -0.1) is 0 Å². The molecule has 1 aromatic heterocycles. The lowest BCUT2D eigenvalue weighted by Gasteiger charge is -2.30. The lowest BCUT2D eigenvalue weighted by Crippen LogP contribution is -2.31. The van der Waals surface area contributed by atoms with Crippen molar-refractivity contribution in [2.45, 2.75) is 44.4 Å². The summed E-state index contributed by atoms with van der Waals surface area (Å²) in [6.07, 6.45) is 7.85. The van der Waals surface area contributed by atoms with Crippen molar-refractivity contribution < 1.29 is 0 Å². The number of hydrogen-bond acceptors (Lipinski definition) is 5. The summed E-state index contributed by atoms with van der Waals surface area (Å²) in [6, 6.07) is 0. The largest absolute Gasteiger partial charge is 0.360 e. The van der Waals surface area contributed by atoms with Crippen LogP contribution in [0.3, 0.4) is 0 Å². The molecule has 3 rings (SSSR count). The summed E-state index contributed by atoms with van der Waals surface area (Å²) in [5.74, 6) is 3.13. The molecule has 1 aromatic rings. The van der Waals surface area contributed by atoms with E-state index in [2.05, 4.69) is 14.7 Å². The third kappa shape index (κ3) is 2.83. The van der Waals surface area contributed by atoms with Crippen LogP contribution in [0.25, 0.3) is 0 Å². The van der Waals surface area contributed by atoms with Crippen LogP contribution in [-0.4, -0.2) is 22.4 Å². The summed E-state index contributed by atoms with van der Waals surface area (Å²) in [4.78, 5) is 4.57. The molecule has 0 radical (unpaired) electrons. The standard InChI is InChI=1S/C13H22N4S/c14-7-10-3-1-2-4-11(10)8-15-13-16-12(17-18-13)9-5-6-9/h9-11H,1-8,14H2,(H,15,16,17). The zero-order valence-electron chi connectivity index (χ0n) is 10.8. The third-order valence-corrected chi connectivity index (χ3v) is 4.96. The van der Waals surface area contributed by atoms with Crippen molar-refractivity contribution in [3.05, 3.63) is 5.82 Å². The minimum Gasteiger partial charge on any atom is -0.360 e. The summed E-state index contributed by atoms with van der Waals surface area (Å²) in [5, 5.41) is 4.47. The molecular formula is C13H22N4S. The van der Waals surface area contributed by atoms with E-state index in [1.807, 2.05) is 0 Å². The van der Waals surface area contributed by atoms with E-state index in [4.69, 9.17) is 5.73 Å². The first-order valence-corrected chi connectivity index (χ1v) is 7.91. The van der Waals surface area contributed by atoms with Crippen molar-refractivity contribution in [2.75, 3.05) is 18.4 Å². The van der Waals surface area contributed by atoms with Crippen LogP contribution in [0.5, 0.6) is 0 Å². The van der Waals surface area contributed by atoms with Crippen molar-refractivity contribution in [1.82, 2.24) is 9.36 Å². The Morgan fingerprint density at radius 2 is 1.94 bits per heavy atom. The van der Waals surface area contributed by atoms with Gasteiger partial charge in [-0.05, 0) is 44.1 Å². The first kappa shape index (κ1) is 12.4. The normalized spacial score (nSPS) is 28.3. The van der Waals surface area contributed by atoms with E-state index >= 15 is 0 Å². The van der Waals surface area contributed by atoms with E-state index in [-0.39, 0.29) is 0 Å². The van der Waals surface area contributed by atoms with Gasteiger partial charge in [-0.2, -0.15) is 4.37 Å². The summed E-state index contributed by atoms with van der Waals surface area (Å²) in [7, 11) is 0. The zero-order valence-corrected chi connectivity index (χ0v) is 11.6. The summed E-state index contributed by atoms with van der Waals surface area (Å²) in [5.41, 5.74) is 5.86. The molecule has 2 fully saturated rings. The van der Waals surface area contributed by atoms with Crippen LogP contribution >= 0.6 is 11.5 Å². The fourth-order valence-electron chi connectivity index (χ4n) is 2.90. The predicted octanol–water partition coefficient (Wildman–Crippen LogP) is 2.59. The Hall–Kier alpha value is -0.680. The molecule has 2 unspecified atom stereocenters. The lowest BCUT2D eigenvalue weighted by molar-refractivity contribution is 0.255. The Morgan fingerprint density at radius 1 is 1.17 bits per heavy atom. The number of hydrogen-bond donors (Lipinski definition) is 2. The van der Waals surface area contributed by atoms with E-state index in [1.54, 1.807) is 0 Å². The molecule has 2 saturated carbocycles. The highest BCUT2D eigenvalue weighted by Gasteiger charge is 2.28. The van der Waals surface area contributed by atoms with Crippen molar-refractivity contribution in [3.8, 4) is 0 Å². The molecule has 0 spiro atoms. The minimum atomic E-state index is 0.656. The molecule has 4 nitrogen and oxygen atoms in total. The Kier molecular flexibility index (Phi) is 3.80. The Morgan fingerprint density at radius 3 is 2.67 bits per heavy atom. The van der Waals surface area contributed by atoms with E-state index in [1.165, 1.54) is 50.1 Å². The van der Waals surface area contributed by atoms with Crippen LogP contribution in [0.4, 0.5) is 5.13 Å². The van der Waals surface area contributed by atoms with Gasteiger partial charge < -0.3 is 11.1 Å². The van der Waals surface area contributed by atoms with Gasteiger partial charge in [0.25, 0.3) is 0 Å². The van der Waals surface area contributed by atoms with Gasteiger partial charge in [0, 0.05) is 24.0 Å². The molecular weight excluding hydrogens is 244 g/mol. The Bertz CT molecular complexity index is 388. The Labute approximate surface area is 113 Å². The fraction of sp³-hybridized carbons (Fsp3) is 0.846. The molecule has 0 aliphatic heterocycles. The molecule has 2 aliphatic rings. The maximum Gasteiger partial charge on any atom is 0.202 e. The number of nitrogens with two attached hydrogens (primary N) is 1. The highest BCUT2D eigenvalue weighted by atomic mass is 32.1. The van der Waals surface area contributed by atoms with Gasteiger partial charge in [-0.1, -0.05) is 12.8 Å². The lowest BCUT2D eigenvalue weighted by atomic mass is 9.79. The molecule has 1 heterocycles. The van der Waals surface area contributed by atoms with Gasteiger partial charge in [-0.25, -0.2) is 4.98 Å². The van der Waals surface area contributed by atoms with Gasteiger partial charge in [0.05, 0.1) is 0 Å². The van der Waals surface area contributed by atoms with Gasteiger partial charge in [-0.3, -0.25) is 0 Å². The molecule has 2 atom stereocenters. The predicted molar refractivity (Wildman–Crippen MR) is 74.9 cm³/mol. The summed E-state index contributed by atoms with van der Waals surface area (Å²) < 4.78 is 4.42. The second-order valence-electron chi connectivity index (χ2n) is 5.65. The fourth-order valence-corrected chi connectivity index (χ4v) is 3.55. The average molecular weight is 266 g/mol. The summed E-state index contributed by atoms with van der Waals surface area (Å²) in [6.45, 7) is 1.84. The van der Waals surface area contributed by atoms with E-state index in [0.717, 1.165) is 30.0 Å². The molecule has 0 aromatic carbocycles. The van der Waals surface area contributed by atoms with Crippen LogP contribution < -0.4 is 11.1 Å². The van der Waals surface area contributed by atoms with Crippen molar-refractivity contribution in [1.29, 1.82) is 0 Å². The second kappa shape index (κ2) is 5.53. The van der Waals surface area contributed by atoms with Gasteiger partial charge in [0.2, 0.25) is 5.13 Å². The molecule has 0 saturated heterocycles. The average Bonchev–Trinajstić information content (AvgIpc) is 3.16. The smallest absolute Gasteiger partial charge is 0.202 e. The number of rotatable bonds is 5. The molecule has 0 bridgehead atoms. The highest BCUT2D eigenvalue weighted by Crippen LogP contribution is 2.39. The van der Waals surface area contributed by atoms with Crippen LogP contribution in [0.1, 0.15) is 50.3 Å². The second-order valence-corrected chi connectivity index (χ2v) is 6.41. The first-order chi connectivity index (χ1) is 8.86. The summed E-state index contributed by atoms with van der Waals surface area (Å²) >= 11 is 1.51. The highest BCUT2D eigenvalue weighted by molar-refractivity contribution is 7.09. The van der Waals surface area contributed by atoms with Crippen LogP contribution in [0.15, 0.2) is 0 Å². The van der Waals surface area contributed by atoms with Crippen molar-refractivity contribution in [3.63, 3.8) is 0 Å².